The number of hydrogen-bond donors (Lipinski definition) is 16. The Balaban J connectivity index is 2.25. The van der Waals surface area contributed by atoms with Gasteiger partial charge in [-0.3, -0.25) is 62.3 Å². The van der Waals surface area contributed by atoms with Crippen molar-refractivity contribution in [3.05, 3.63) is 0 Å². The minimum atomic E-state index is -1.85. The number of aliphatic hydroxyl groups excluding tert-OH is 3. The number of rotatable bonds is 29. The fraction of sp³-hybridized carbons (Fsp3) is 0.683. The zero-order valence-corrected chi connectivity index (χ0v) is 40.8. The Kier molecular flexibility index (Phi) is 24.7. The van der Waals surface area contributed by atoms with E-state index in [2.05, 4.69) is 49.8 Å². The number of aliphatic carboxylic acids is 1. The third kappa shape index (κ3) is 18.8. The van der Waals surface area contributed by atoms with Crippen molar-refractivity contribution in [1.82, 2.24) is 47.0 Å². The molecular weight excluding hydrogens is 979 g/mol. The molecule has 2 aliphatic heterocycles. The van der Waals surface area contributed by atoms with Gasteiger partial charge in [-0.1, -0.05) is 0 Å². The van der Waals surface area contributed by atoms with E-state index in [1.54, 1.807) is 0 Å². The second kappa shape index (κ2) is 29.0. The lowest BCUT2D eigenvalue weighted by molar-refractivity contribution is -0.145. The number of nitrogens with two attached hydrogens (primary N) is 4. The van der Waals surface area contributed by atoms with Crippen molar-refractivity contribution < 1.29 is 82.8 Å². The molecule has 2 aliphatic rings. The molecule has 0 aliphatic carbocycles. The molecule has 404 valence electrons. The van der Waals surface area contributed by atoms with E-state index in [0.717, 1.165) is 18.7 Å². The van der Waals surface area contributed by atoms with Gasteiger partial charge in [0.05, 0.1) is 31.3 Å². The second-order valence-corrected chi connectivity index (χ2v) is 17.7. The van der Waals surface area contributed by atoms with E-state index >= 15 is 0 Å². The van der Waals surface area contributed by atoms with Gasteiger partial charge < -0.3 is 90.4 Å². The molecule has 31 heteroatoms. The number of primary amides is 3. The third-order valence-electron chi connectivity index (χ3n) is 11.5. The Morgan fingerprint density at radius 3 is 1.60 bits per heavy atom. The number of carbonyl (C=O) groups excluding carboxylic acids is 12. The van der Waals surface area contributed by atoms with E-state index in [-0.39, 0.29) is 25.9 Å². The number of nitrogens with one attached hydrogen (secondary N) is 7. The first kappa shape index (κ1) is 61.4. The summed E-state index contributed by atoms with van der Waals surface area (Å²) < 4.78 is 0. The van der Waals surface area contributed by atoms with Crippen molar-refractivity contribution in [1.29, 1.82) is 0 Å². The summed E-state index contributed by atoms with van der Waals surface area (Å²) >= 11 is 4.10. The van der Waals surface area contributed by atoms with Gasteiger partial charge in [-0.2, -0.15) is 12.6 Å². The quantitative estimate of drug-likeness (QED) is 0.0309. The van der Waals surface area contributed by atoms with Crippen LogP contribution in [-0.2, 0) is 62.3 Å². The van der Waals surface area contributed by atoms with Crippen molar-refractivity contribution in [3.63, 3.8) is 0 Å². The summed E-state index contributed by atoms with van der Waals surface area (Å²) in [6.07, 6.45) is -6.64. The fourth-order valence-electron chi connectivity index (χ4n) is 7.51. The average Bonchev–Trinajstić information content (AvgIpc) is 4.01. The van der Waals surface area contributed by atoms with Gasteiger partial charge in [0, 0.05) is 31.7 Å². The molecule has 72 heavy (non-hydrogen) atoms. The van der Waals surface area contributed by atoms with Crippen LogP contribution in [0.3, 0.4) is 0 Å². The number of hydrogen-bond acceptors (Lipinski definition) is 18. The van der Waals surface area contributed by atoms with Gasteiger partial charge in [0.25, 0.3) is 0 Å². The summed E-state index contributed by atoms with van der Waals surface area (Å²) in [6.45, 7) is 2.86. The zero-order chi connectivity index (χ0) is 54.7. The number of thiol groups is 1. The molecule has 0 aromatic heterocycles. The highest BCUT2D eigenvalue weighted by Crippen LogP contribution is 2.21. The van der Waals surface area contributed by atoms with Gasteiger partial charge in [0.2, 0.25) is 70.9 Å². The lowest BCUT2D eigenvalue weighted by Gasteiger charge is -2.32. The Morgan fingerprint density at radius 2 is 1.07 bits per heavy atom. The molecule has 0 bridgehead atoms. The maximum atomic E-state index is 13.9. The number of carboxylic acids is 1. The third-order valence-corrected chi connectivity index (χ3v) is 11.9. The van der Waals surface area contributed by atoms with Crippen LogP contribution >= 0.6 is 12.6 Å². The van der Waals surface area contributed by atoms with E-state index in [0.29, 0.717) is 12.8 Å². The molecule has 12 amide bonds. The van der Waals surface area contributed by atoms with E-state index in [4.69, 9.17) is 22.9 Å². The maximum absolute atomic E-state index is 13.9. The van der Waals surface area contributed by atoms with Crippen LogP contribution in [0.1, 0.15) is 78.6 Å². The Hall–Kier alpha value is -6.70. The first-order valence-electron chi connectivity index (χ1n) is 22.8. The smallest absolute Gasteiger partial charge is 0.303 e. The summed E-state index contributed by atoms with van der Waals surface area (Å²) in [5.41, 5.74) is 21.6. The lowest BCUT2D eigenvalue weighted by atomic mass is 10.1. The summed E-state index contributed by atoms with van der Waals surface area (Å²) in [4.78, 5) is 169. The molecule has 0 saturated carbocycles. The number of aliphatic hydroxyl groups is 3. The van der Waals surface area contributed by atoms with E-state index in [1.807, 2.05) is 0 Å². The molecule has 2 saturated heterocycles. The van der Waals surface area contributed by atoms with Crippen molar-refractivity contribution in [2.45, 2.75) is 151 Å². The van der Waals surface area contributed by atoms with Gasteiger partial charge in [-0.15, -0.1) is 0 Å². The fourth-order valence-corrected chi connectivity index (χ4v) is 7.77. The number of nitrogens with zero attached hydrogens (tertiary/aromatic N) is 2. The van der Waals surface area contributed by atoms with Crippen LogP contribution in [0.4, 0.5) is 0 Å². The van der Waals surface area contributed by atoms with E-state index < -0.39 is 194 Å². The van der Waals surface area contributed by atoms with E-state index in [9.17, 15) is 82.8 Å². The normalized spacial score (nSPS) is 19.5. The summed E-state index contributed by atoms with van der Waals surface area (Å²) in [5.74, 6) is -14.0. The van der Waals surface area contributed by atoms with Crippen LogP contribution in [0.2, 0.25) is 0 Å². The van der Waals surface area contributed by atoms with Crippen molar-refractivity contribution in [2.75, 3.05) is 25.4 Å². The first-order valence-corrected chi connectivity index (χ1v) is 23.4. The predicted molar refractivity (Wildman–Crippen MR) is 249 cm³/mol. The summed E-state index contributed by atoms with van der Waals surface area (Å²) in [7, 11) is 0. The van der Waals surface area contributed by atoms with Crippen molar-refractivity contribution >= 4 is 89.5 Å². The SMILES string of the molecule is C[C@H](O)[C@@H](NC(=O)[C@@H](CC(N)=O)NC(=O)[C@@H](CS)NC(=O)[C@H](CCC(N)=O)NC(=O)[C@H]1CCCN1C(=O)[C@@H](NC(=O)[C@H](CCC(=O)O)NC(=O)[C@H](N)[C@@H](C)O)[C@@H](C)O)C(=O)NCC(=O)N1CCC[C@H]1C(N)=O. The molecule has 0 spiro atoms. The van der Waals surface area contributed by atoms with Crippen LogP contribution in [-0.4, -0.2) is 205 Å². The minimum absolute atomic E-state index is 0.0204. The van der Waals surface area contributed by atoms with Crippen LogP contribution in [0.25, 0.3) is 0 Å². The highest BCUT2D eigenvalue weighted by atomic mass is 32.1. The summed E-state index contributed by atoms with van der Waals surface area (Å²) in [5, 5.41) is 55.7. The minimum Gasteiger partial charge on any atom is -0.481 e. The Bertz CT molecular complexity index is 2050. The molecule has 2 fully saturated rings. The van der Waals surface area contributed by atoms with Crippen LogP contribution < -0.4 is 60.2 Å². The van der Waals surface area contributed by atoms with Crippen molar-refractivity contribution in [3.8, 4) is 0 Å². The van der Waals surface area contributed by atoms with Gasteiger partial charge in [0.15, 0.2) is 0 Å². The zero-order valence-electron chi connectivity index (χ0n) is 39.9. The van der Waals surface area contributed by atoms with Gasteiger partial charge in [-0.25, -0.2) is 0 Å². The van der Waals surface area contributed by atoms with Crippen LogP contribution in [0, 0.1) is 0 Å². The maximum Gasteiger partial charge on any atom is 0.303 e. The molecule has 30 nitrogen and oxygen atoms in total. The predicted octanol–water partition coefficient (Wildman–Crippen LogP) is -9.12. The highest BCUT2D eigenvalue weighted by molar-refractivity contribution is 7.80. The number of carbonyl (C=O) groups is 13. The van der Waals surface area contributed by atoms with Gasteiger partial charge in [0.1, 0.15) is 54.4 Å². The van der Waals surface area contributed by atoms with Crippen molar-refractivity contribution in [2.24, 2.45) is 22.9 Å². The second-order valence-electron chi connectivity index (χ2n) is 17.3. The molecule has 0 aromatic carbocycles. The molecular formula is C41H67N13O17S. The summed E-state index contributed by atoms with van der Waals surface area (Å²) in [6, 6.07) is -14.1. The Morgan fingerprint density at radius 1 is 0.583 bits per heavy atom. The topological polar surface area (TPSA) is 498 Å². The average molecular weight is 1050 g/mol. The largest absolute Gasteiger partial charge is 0.481 e. The first-order chi connectivity index (χ1) is 33.6. The molecule has 0 radical (unpaired) electrons. The standard InChI is InChI=1S/C41H67N13O17S/c1-17(55)30(44)39(69)48-21(9-11-29(61)62)35(65)52-32(19(3)57)41(71)54-13-5-7-25(54)38(68)47-20(8-10-26(42)58)34(64)50-23(16-72)37(67)49-22(14-27(43)59)36(66)51-31(18(2)56)40(70)46-15-28(60)53-12-4-6-24(53)33(45)63/h17-25,30-32,55-57,72H,4-16,44H2,1-3H3,(H2,42,58)(H2,43,59)(H2,45,63)(H,46,70)(H,47,68)(H,48,69)(H,49,67)(H,50,64)(H,51,66)(H,52,65)(H,61,62)/t17-,18+,19-,20+,21+,22-,23-,24+,25-,30-,31-,32+/m1/s1. The number of amides is 12. The van der Waals surface area contributed by atoms with E-state index in [1.165, 1.54) is 11.8 Å². The number of likely N-dealkylation sites (tertiary alicyclic amines) is 2. The van der Waals surface area contributed by atoms with Gasteiger partial charge >= 0.3 is 5.97 Å². The van der Waals surface area contributed by atoms with Crippen LogP contribution in [0.5, 0.6) is 0 Å². The molecule has 0 unspecified atom stereocenters. The monoisotopic (exact) mass is 1050 g/mol. The molecule has 2 rings (SSSR count). The number of carboxylic acid groups (broad SMARTS) is 1. The molecule has 12 atom stereocenters. The molecule has 19 N–H and O–H groups in total. The highest BCUT2D eigenvalue weighted by Gasteiger charge is 2.42. The van der Waals surface area contributed by atoms with Gasteiger partial charge in [-0.05, 0) is 59.3 Å². The Labute approximate surface area is 417 Å². The molecule has 2 heterocycles. The van der Waals surface area contributed by atoms with Crippen LogP contribution in [0.15, 0.2) is 0 Å². The lowest BCUT2D eigenvalue weighted by Crippen LogP contribution is -2.62. The molecule has 0 aromatic rings.